The van der Waals surface area contributed by atoms with Crippen molar-refractivity contribution in [2.45, 2.75) is 16.5 Å². The highest BCUT2D eigenvalue weighted by Gasteiger charge is 2.05. The van der Waals surface area contributed by atoms with Crippen molar-refractivity contribution in [3.05, 3.63) is 52.1 Å². The summed E-state index contributed by atoms with van der Waals surface area (Å²) in [4.78, 5) is 5.28. The predicted molar refractivity (Wildman–Crippen MR) is 72.7 cm³/mol. The van der Waals surface area contributed by atoms with Gasteiger partial charge in [-0.05, 0) is 30.3 Å². The van der Waals surface area contributed by atoms with Gasteiger partial charge >= 0.3 is 0 Å². The van der Waals surface area contributed by atoms with E-state index in [0.717, 1.165) is 15.6 Å². The van der Waals surface area contributed by atoms with Gasteiger partial charge in [0.1, 0.15) is 5.03 Å². The van der Waals surface area contributed by atoms with Crippen molar-refractivity contribution in [3.8, 4) is 0 Å². The lowest BCUT2D eigenvalue weighted by atomic mass is 10.4. The first kappa shape index (κ1) is 12.7. The third-order valence-electron chi connectivity index (χ3n) is 2.10. The molecule has 0 bridgehead atoms. The molecule has 0 saturated carbocycles. The first-order valence-corrected chi connectivity index (χ1v) is 6.55. The topological polar surface area (TPSA) is 38.9 Å². The number of nitrogens with two attached hydrogens (primary N) is 1. The zero-order valence-corrected chi connectivity index (χ0v) is 11.2. The minimum atomic E-state index is 0.428. The van der Waals surface area contributed by atoms with Crippen molar-refractivity contribution in [1.82, 2.24) is 4.98 Å². The summed E-state index contributed by atoms with van der Waals surface area (Å²) in [5.41, 5.74) is 6.40. The Balaban J connectivity index is 2.27. The van der Waals surface area contributed by atoms with Gasteiger partial charge < -0.3 is 5.73 Å². The summed E-state index contributed by atoms with van der Waals surface area (Å²) in [7, 11) is 0. The van der Waals surface area contributed by atoms with Crippen LogP contribution in [0.3, 0.4) is 0 Å². The maximum Gasteiger partial charge on any atom is 0.101 e. The predicted octanol–water partition coefficient (Wildman–Crippen LogP) is 4.00. The quantitative estimate of drug-likeness (QED) is 0.926. The molecule has 5 heteroatoms. The van der Waals surface area contributed by atoms with E-state index in [2.05, 4.69) is 4.98 Å². The fourth-order valence-electron chi connectivity index (χ4n) is 1.30. The molecule has 0 fully saturated rings. The van der Waals surface area contributed by atoms with E-state index in [1.807, 2.05) is 24.3 Å². The fraction of sp³-hybridized carbons (Fsp3) is 0.0833. The Hall–Kier alpha value is -0.740. The van der Waals surface area contributed by atoms with Crippen molar-refractivity contribution in [1.29, 1.82) is 0 Å². The molecular weight excluding hydrogens is 275 g/mol. The first-order valence-electron chi connectivity index (χ1n) is 4.98. The van der Waals surface area contributed by atoms with Gasteiger partial charge in [0.05, 0.1) is 10.7 Å². The number of aromatic nitrogens is 1. The third-order valence-corrected chi connectivity index (χ3v) is 3.77. The number of nitrogens with zero attached hydrogens (tertiary/aromatic N) is 1. The fourth-order valence-corrected chi connectivity index (χ4v) is 2.65. The molecule has 2 aromatic rings. The van der Waals surface area contributed by atoms with Crippen LogP contribution in [0.1, 0.15) is 5.69 Å². The van der Waals surface area contributed by atoms with E-state index in [1.54, 1.807) is 12.1 Å². The Morgan fingerprint density at radius 2 is 2.00 bits per heavy atom. The number of rotatable bonds is 3. The van der Waals surface area contributed by atoms with Crippen molar-refractivity contribution < 1.29 is 0 Å². The summed E-state index contributed by atoms with van der Waals surface area (Å²) in [5.74, 6) is 0. The van der Waals surface area contributed by atoms with E-state index in [9.17, 15) is 0 Å². The molecule has 1 aromatic heterocycles. The van der Waals surface area contributed by atoms with Gasteiger partial charge in [0.25, 0.3) is 0 Å². The van der Waals surface area contributed by atoms with Gasteiger partial charge in [-0.1, -0.05) is 41.0 Å². The number of pyridine rings is 1. The lowest BCUT2D eigenvalue weighted by molar-refractivity contribution is 0.942. The van der Waals surface area contributed by atoms with Gasteiger partial charge in [-0.25, -0.2) is 4.98 Å². The maximum atomic E-state index is 6.09. The highest BCUT2D eigenvalue weighted by Crippen LogP contribution is 2.34. The second-order valence-electron chi connectivity index (χ2n) is 3.35. The van der Waals surface area contributed by atoms with E-state index in [4.69, 9.17) is 28.9 Å². The average Bonchev–Trinajstić information content (AvgIpc) is 2.34. The van der Waals surface area contributed by atoms with Crippen LogP contribution < -0.4 is 5.73 Å². The van der Waals surface area contributed by atoms with Gasteiger partial charge in [-0.2, -0.15) is 0 Å². The van der Waals surface area contributed by atoms with Crippen LogP contribution in [-0.4, -0.2) is 4.98 Å². The summed E-state index contributed by atoms with van der Waals surface area (Å²) in [6.07, 6.45) is 0. The van der Waals surface area contributed by atoms with Crippen LogP contribution in [0.25, 0.3) is 0 Å². The molecule has 0 spiro atoms. The number of hydrogen-bond acceptors (Lipinski definition) is 3. The molecule has 88 valence electrons. The Kier molecular flexibility index (Phi) is 4.29. The van der Waals surface area contributed by atoms with Crippen LogP contribution in [0.2, 0.25) is 10.0 Å². The number of hydrogen-bond donors (Lipinski definition) is 1. The van der Waals surface area contributed by atoms with Crippen molar-refractivity contribution in [3.63, 3.8) is 0 Å². The van der Waals surface area contributed by atoms with Crippen LogP contribution in [0, 0.1) is 0 Å². The van der Waals surface area contributed by atoms with Crippen LogP contribution in [0.4, 0.5) is 0 Å². The smallest absolute Gasteiger partial charge is 0.101 e. The van der Waals surface area contributed by atoms with Crippen LogP contribution >= 0.6 is 35.0 Å². The van der Waals surface area contributed by atoms with Crippen molar-refractivity contribution >= 4 is 35.0 Å². The van der Waals surface area contributed by atoms with E-state index in [0.29, 0.717) is 16.6 Å². The Morgan fingerprint density at radius 1 is 1.18 bits per heavy atom. The molecule has 0 aliphatic heterocycles. The van der Waals surface area contributed by atoms with Gasteiger partial charge in [0.2, 0.25) is 0 Å². The van der Waals surface area contributed by atoms with Gasteiger partial charge in [-0.15, -0.1) is 0 Å². The molecule has 0 radical (unpaired) electrons. The SMILES string of the molecule is NCc1cccc(Sc2cc(Cl)ccc2Cl)n1. The second-order valence-corrected chi connectivity index (χ2v) is 5.25. The molecular formula is C12H10Cl2N2S. The van der Waals surface area contributed by atoms with Gasteiger partial charge in [0.15, 0.2) is 0 Å². The highest BCUT2D eigenvalue weighted by molar-refractivity contribution is 7.99. The normalized spacial score (nSPS) is 10.5. The third kappa shape index (κ3) is 3.36. The first-order chi connectivity index (χ1) is 8.19. The molecule has 17 heavy (non-hydrogen) atoms. The van der Waals surface area contributed by atoms with E-state index >= 15 is 0 Å². The number of halogens is 2. The Labute approximate surface area is 114 Å². The molecule has 2 rings (SSSR count). The van der Waals surface area contributed by atoms with E-state index in [-0.39, 0.29) is 0 Å². The zero-order valence-electron chi connectivity index (χ0n) is 8.86. The standard InChI is InChI=1S/C12H10Cl2N2S/c13-8-4-5-10(14)11(6-8)17-12-3-1-2-9(7-15)16-12/h1-6H,7,15H2. The molecule has 0 unspecified atom stereocenters. The molecule has 1 aromatic carbocycles. The summed E-state index contributed by atoms with van der Waals surface area (Å²) in [6, 6.07) is 11.1. The molecule has 2 nitrogen and oxygen atoms in total. The molecule has 0 saturated heterocycles. The summed E-state index contributed by atoms with van der Waals surface area (Å²) < 4.78 is 0. The van der Waals surface area contributed by atoms with Crippen LogP contribution in [0.5, 0.6) is 0 Å². The highest BCUT2D eigenvalue weighted by atomic mass is 35.5. The molecule has 1 heterocycles. The summed E-state index contributed by atoms with van der Waals surface area (Å²) in [5, 5.41) is 2.18. The average molecular weight is 285 g/mol. The molecule has 0 atom stereocenters. The largest absolute Gasteiger partial charge is 0.325 e. The molecule has 0 aliphatic rings. The Morgan fingerprint density at radius 3 is 2.76 bits per heavy atom. The lowest BCUT2D eigenvalue weighted by Gasteiger charge is -2.05. The molecule has 0 aliphatic carbocycles. The van der Waals surface area contributed by atoms with Crippen molar-refractivity contribution in [2.24, 2.45) is 5.73 Å². The lowest BCUT2D eigenvalue weighted by Crippen LogP contribution is -1.99. The summed E-state index contributed by atoms with van der Waals surface area (Å²) in [6.45, 7) is 0.428. The van der Waals surface area contributed by atoms with Gasteiger partial charge in [-0.3, -0.25) is 0 Å². The van der Waals surface area contributed by atoms with Gasteiger partial charge in [0, 0.05) is 16.5 Å². The molecule has 0 amide bonds. The minimum absolute atomic E-state index is 0.428. The number of benzene rings is 1. The summed E-state index contributed by atoms with van der Waals surface area (Å²) >= 11 is 13.5. The second kappa shape index (κ2) is 5.74. The molecule has 2 N–H and O–H groups in total. The minimum Gasteiger partial charge on any atom is -0.325 e. The zero-order chi connectivity index (χ0) is 12.3. The van der Waals surface area contributed by atoms with E-state index in [1.165, 1.54) is 11.8 Å². The maximum absolute atomic E-state index is 6.09. The Bertz CT molecular complexity index is 532. The van der Waals surface area contributed by atoms with Crippen LogP contribution in [0.15, 0.2) is 46.3 Å². The monoisotopic (exact) mass is 284 g/mol. The van der Waals surface area contributed by atoms with E-state index < -0.39 is 0 Å². The van der Waals surface area contributed by atoms with Crippen molar-refractivity contribution in [2.75, 3.05) is 0 Å². The van der Waals surface area contributed by atoms with Crippen LogP contribution in [-0.2, 0) is 6.54 Å².